The van der Waals surface area contributed by atoms with Gasteiger partial charge < -0.3 is 14.5 Å². The van der Waals surface area contributed by atoms with Gasteiger partial charge in [-0.15, -0.1) is 0 Å². The van der Waals surface area contributed by atoms with E-state index in [0.717, 1.165) is 36.5 Å². The number of amides is 1. The highest BCUT2D eigenvalue weighted by Crippen LogP contribution is 2.23. The third kappa shape index (κ3) is 3.56. The van der Waals surface area contributed by atoms with Crippen LogP contribution in [-0.4, -0.2) is 39.3 Å². The minimum Gasteiger partial charge on any atom is -0.460 e. The second-order valence-electron chi connectivity index (χ2n) is 7.31. The Hall–Kier alpha value is -2.61. The van der Waals surface area contributed by atoms with Crippen LogP contribution < -0.4 is 10.9 Å². The number of furan rings is 1. The monoisotopic (exact) mass is 386 g/mol. The van der Waals surface area contributed by atoms with Crippen LogP contribution in [0.4, 0.5) is 0 Å². The lowest BCUT2D eigenvalue weighted by molar-refractivity contribution is -0.121. The topological polar surface area (TPSA) is 90.8 Å². The van der Waals surface area contributed by atoms with Crippen LogP contribution in [-0.2, 0) is 22.5 Å². The summed E-state index contributed by atoms with van der Waals surface area (Å²) in [5, 5.41) is 7.44. The molecule has 0 unspecified atom stereocenters. The van der Waals surface area contributed by atoms with Crippen molar-refractivity contribution < 1.29 is 13.9 Å². The number of carbonyl (C=O) groups is 1. The summed E-state index contributed by atoms with van der Waals surface area (Å²) in [6.07, 6.45) is 3.79. The molecule has 3 aromatic rings. The summed E-state index contributed by atoms with van der Waals surface area (Å²) in [5.41, 5.74) is 1.96. The summed E-state index contributed by atoms with van der Waals surface area (Å²) in [6.45, 7) is 5.64. The van der Waals surface area contributed by atoms with Gasteiger partial charge in [-0.25, -0.2) is 4.68 Å². The first-order valence-corrected chi connectivity index (χ1v) is 9.96. The van der Waals surface area contributed by atoms with E-state index in [4.69, 9.17) is 9.15 Å². The second-order valence-corrected chi connectivity index (χ2v) is 7.31. The van der Waals surface area contributed by atoms with E-state index in [-0.39, 0.29) is 17.6 Å². The molecule has 0 bridgehead atoms. The van der Waals surface area contributed by atoms with Crippen molar-refractivity contribution in [2.24, 2.45) is 0 Å². The molecule has 3 aromatic heterocycles. The molecule has 0 saturated carbocycles. The number of nitrogens with zero attached hydrogens (tertiary/aromatic N) is 3. The molecule has 1 fully saturated rings. The van der Waals surface area contributed by atoms with E-state index in [1.807, 2.05) is 24.3 Å². The van der Waals surface area contributed by atoms with Crippen LogP contribution in [0.3, 0.4) is 0 Å². The smallest absolute Gasteiger partial charge is 0.291 e. The Morgan fingerprint density at radius 1 is 1.36 bits per heavy atom. The van der Waals surface area contributed by atoms with E-state index in [1.165, 1.54) is 4.68 Å². The van der Waals surface area contributed by atoms with Crippen molar-refractivity contribution in [2.75, 3.05) is 13.2 Å². The van der Waals surface area contributed by atoms with E-state index in [0.29, 0.717) is 43.5 Å². The fourth-order valence-electron chi connectivity index (χ4n) is 3.80. The number of hydrogen-bond acceptors (Lipinski definition) is 5. The lowest BCUT2D eigenvalue weighted by Gasteiger charge is -2.11. The zero-order valence-corrected chi connectivity index (χ0v) is 16.4. The molecule has 0 aromatic carbocycles. The van der Waals surface area contributed by atoms with E-state index < -0.39 is 0 Å². The molecule has 8 nitrogen and oxygen atoms in total. The third-order valence-corrected chi connectivity index (χ3v) is 5.20. The molecule has 0 spiro atoms. The quantitative estimate of drug-likeness (QED) is 0.672. The molecule has 8 heteroatoms. The highest BCUT2D eigenvalue weighted by Gasteiger charge is 2.17. The molecule has 150 valence electrons. The molecule has 4 heterocycles. The largest absolute Gasteiger partial charge is 0.460 e. The number of ether oxygens (including phenoxy) is 1. The van der Waals surface area contributed by atoms with Crippen LogP contribution in [0, 0.1) is 6.92 Å². The number of carbonyl (C=O) groups excluding carboxylic acids is 1. The van der Waals surface area contributed by atoms with E-state index in [9.17, 15) is 9.59 Å². The average Bonchev–Trinajstić information content (AvgIpc) is 3.38. The Kier molecular flexibility index (Phi) is 5.21. The molecule has 0 radical (unpaired) electrons. The fraction of sp³-hybridized carbons (Fsp3) is 0.550. The van der Waals surface area contributed by atoms with Crippen LogP contribution in [0.25, 0.3) is 16.6 Å². The number of nitrogens with one attached hydrogen (secondary N) is 1. The molecule has 0 aliphatic carbocycles. The summed E-state index contributed by atoms with van der Waals surface area (Å²) >= 11 is 0. The second kappa shape index (κ2) is 7.79. The van der Waals surface area contributed by atoms with Crippen molar-refractivity contribution >= 4 is 22.5 Å². The number of aryl methyl sites for hydroxylation is 3. The molecule has 1 saturated heterocycles. The first kappa shape index (κ1) is 18.7. The highest BCUT2D eigenvalue weighted by molar-refractivity contribution is 5.83. The average molecular weight is 386 g/mol. The van der Waals surface area contributed by atoms with Crippen LogP contribution in [0.2, 0.25) is 0 Å². The van der Waals surface area contributed by atoms with Gasteiger partial charge >= 0.3 is 0 Å². The number of fused-ring (bicyclic) bond motifs is 3. The van der Waals surface area contributed by atoms with Crippen molar-refractivity contribution in [3.63, 3.8) is 0 Å². The summed E-state index contributed by atoms with van der Waals surface area (Å²) in [5.74, 6) is 1.59. The van der Waals surface area contributed by atoms with Crippen LogP contribution in [0.15, 0.2) is 21.3 Å². The standard InChI is InChI=1S/C20H26N4O4/c1-3-18-22-23(8-4-7-19(25)21-12-14-6-5-9-27-14)20(26)16-11-17-15(24(16)18)10-13(2)28-17/h10-11,14H,3-9,12H2,1-2H3,(H,21,25)/t14-/m0/s1. The molecular weight excluding hydrogens is 360 g/mol. The molecule has 1 amide bonds. The van der Waals surface area contributed by atoms with Gasteiger partial charge in [-0.05, 0) is 26.2 Å². The Bertz CT molecular complexity index is 1060. The van der Waals surface area contributed by atoms with Gasteiger partial charge in [0.1, 0.15) is 17.1 Å². The van der Waals surface area contributed by atoms with Crippen LogP contribution in [0.5, 0.6) is 0 Å². The van der Waals surface area contributed by atoms with E-state index in [1.54, 1.807) is 6.07 Å². The van der Waals surface area contributed by atoms with Gasteiger partial charge in [-0.3, -0.25) is 14.0 Å². The lowest BCUT2D eigenvalue weighted by Crippen LogP contribution is -2.32. The van der Waals surface area contributed by atoms with Crippen molar-refractivity contribution in [2.45, 2.75) is 58.6 Å². The molecule has 1 aliphatic heterocycles. The molecule has 4 rings (SSSR count). The SMILES string of the molecule is CCc1nn(CCCC(=O)NC[C@@H]2CCCO2)c(=O)c2cc3oc(C)cc3n12. The Balaban J connectivity index is 1.45. The predicted octanol–water partition coefficient (Wildman–Crippen LogP) is 2.19. The zero-order chi connectivity index (χ0) is 19.7. The number of hydrogen-bond donors (Lipinski definition) is 1. The van der Waals surface area contributed by atoms with Gasteiger partial charge in [0.25, 0.3) is 5.56 Å². The maximum absolute atomic E-state index is 12.8. The summed E-state index contributed by atoms with van der Waals surface area (Å²) < 4.78 is 14.5. The van der Waals surface area contributed by atoms with Gasteiger partial charge in [-0.1, -0.05) is 6.92 Å². The molecule has 1 aliphatic rings. The van der Waals surface area contributed by atoms with Crippen LogP contribution >= 0.6 is 0 Å². The Morgan fingerprint density at radius 3 is 2.96 bits per heavy atom. The van der Waals surface area contributed by atoms with Gasteiger partial charge in [0, 0.05) is 44.7 Å². The molecule has 28 heavy (non-hydrogen) atoms. The van der Waals surface area contributed by atoms with Crippen molar-refractivity contribution in [1.29, 1.82) is 0 Å². The van der Waals surface area contributed by atoms with E-state index >= 15 is 0 Å². The summed E-state index contributed by atoms with van der Waals surface area (Å²) in [6, 6.07) is 3.70. The Labute approximate surface area is 162 Å². The predicted molar refractivity (Wildman–Crippen MR) is 105 cm³/mol. The van der Waals surface area contributed by atoms with Gasteiger partial charge in [0.2, 0.25) is 5.91 Å². The first-order chi connectivity index (χ1) is 13.6. The van der Waals surface area contributed by atoms with Crippen molar-refractivity contribution in [3.05, 3.63) is 34.1 Å². The highest BCUT2D eigenvalue weighted by atomic mass is 16.5. The Morgan fingerprint density at radius 2 is 2.21 bits per heavy atom. The number of aromatic nitrogens is 3. The number of rotatable bonds is 7. The minimum atomic E-state index is -0.166. The van der Waals surface area contributed by atoms with Crippen LogP contribution in [0.1, 0.15) is 44.2 Å². The van der Waals surface area contributed by atoms with Gasteiger partial charge in [0.05, 0.1) is 11.6 Å². The van der Waals surface area contributed by atoms with E-state index in [2.05, 4.69) is 10.4 Å². The summed E-state index contributed by atoms with van der Waals surface area (Å²) in [4.78, 5) is 24.9. The third-order valence-electron chi connectivity index (χ3n) is 5.20. The molecule has 1 atom stereocenters. The minimum absolute atomic E-state index is 0.0176. The maximum Gasteiger partial charge on any atom is 0.291 e. The molecule has 1 N–H and O–H groups in total. The van der Waals surface area contributed by atoms with Crippen molar-refractivity contribution in [1.82, 2.24) is 19.5 Å². The van der Waals surface area contributed by atoms with Gasteiger partial charge in [0.15, 0.2) is 5.58 Å². The van der Waals surface area contributed by atoms with Crippen molar-refractivity contribution in [3.8, 4) is 0 Å². The first-order valence-electron chi connectivity index (χ1n) is 9.96. The summed E-state index contributed by atoms with van der Waals surface area (Å²) in [7, 11) is 0. The molecular formula is C20H26N4O4. The fourth-order valence-corrected chi connectivity index (χ4v) is 3.80. The lowest BCUT2D eigenvalue weighted by atomic mass is 10.2. The normalized spacial score (nSPS) is 17.0. The maximum atomic E-state index is 12.8. The van der Waals surface area contributed by atoms with Gasteiger partial charge in [-0.2, -0.15) is 5.10 Å². The zero-order valence-electron chi connectivity index (χ0n) is 16.4.